The third kappa shape index (κ3) is 3.97. The van der Waals surface area contributed by atoms with E-state index in [1.54, 1.807) is 25.3 Å². The van der Waals surface area contributed by atoms with Crippen LogP contribution >= 0.6 is 0 Å². The van der Waals surface area contributed by atoms with Gasteiger partial charge in [-0.25, -0.2) is 0 Å². The number of rotatable bonds is 4. The molecule has 1 aromatic rings. The molecule has 0 atom stereocenters. The van der Waals surface area contributed by atoms with Crippen LogP contribution in [0.2, 0.25) is 0 Å². The van der Waals surface area contributed by atoms with Gasteiger partial charge in [0, 0.05) is 6.92 Å². The predicted molar refractivity (Wildman–Crippen MR) is 65.2 cm³/mol. The summed E-state index contributed by atoms with van der Waals surface area (Å²) in [7, 11) is 3.07. The lowest BCUT2D eigenvalue weighted by Crippen LogP contribution is -2.41. The Hall–Kier alpha value is -2.24. The summed E-state index contributed by atoms with van der Waals surface area (Å²) in [4.78, 5) is 22.1. The number of carbonyl (C=O) groups is 2. The second kappa shape index (κ2) is 6.48. The van der Waals surface area contributed by atoms with Gasteiger partial charge in [-0.2, -0.15) is 0 Å². The largest absolute Gasteiger partial charge is 0.493 e. The third-order valence-corrected chi connectivity index (χ3v) is 2.19. The molecule has 6 nitrogen and oxygen atoms in total. The minimum Gasteiger partial charge on any atom is -0.493 e. The number of hydrazine groups is 1. The molecule has 18 heavy (non-hydrogen) atoms. The molecule has 0 aliphatic heterocycles. The van der Waals surface area contributed by atoms with Gasteiger partial charge in [-0.15, -0.1) is 0 Å². The van der Waals surface area contributed by atoms with Gasteiger partial charge in [0.1, 0.15) is 0 Å². The molecule has 0 aliphatic carbocycles. The maximum absolute atomic E-state index is 11.5. The van der Waals surface area contributed by atoms with Crippen molar-refractivity contribution in [3.05, 3.63) is 23.8 Å². The molecule has 0 saturated carbocycles. The van der Waals surface area contributed by atoms with Crippen LogP contribution in [0.4, 0.5) is 0 Å². The van der Waals surface area contributed by atoms with Gasteiger partial charge in [-0.05, 0) is 17.7 Å². The lowest BCUT2D eigenvalue weighted by atomic mass is 10.1. The first kappa shape index (κ1) is 13.8. The van der Waals surface area contributed by atoms with Gasteiger partial charge < -0.3 is 9.47 Å². The fraction of sp³-hybridized carbons (Fsp3) is 0.333. The Morgan fingerprint density at radius 3 is 2.33 bits per heavy atom. The number of hydrogen-bond acceptors (Lipinski definition) is 4. The van der Waals surface area contributed by atoms with Crippen LogP contribution in [0.15, 0.2) is 18.2 Å². The van der Waals surface area contributed by atoms with Crippen molar-refractivity contribution in [1.29, 1.82) is 0 Å². The van der Waals surface area contributed by atoms with Gasteiger partial charge in [0.25, 0.3) is 0 Å². The zero-order valence-electron chi connectivity index (χ0n) is 10.6. The van der Waals surface area contributed by atoms with Crippen LogP contribution in [0.5, 0.6) is 11.5 Å². The van der Waals surface area contributed by atoms with Crippen molar-refractivity contribution in [3.63, 3.8) is 0 Å². The Balaban J connectivity index is 2.67. The minimum absolute atomic E-state index is 0.140. The molecule has 0 saturated heterocycles. The average molecular weight is 252 g/mol. The number of carbonyl (C=O) groups excluding carboxylic acids is 2. The smallest absolute Gasteiger partial charge is 0.242 e. The van der Waals surface area contributed by atoms with Crippen molar-refractivity contribution in [2.75, 3.05) is 14.2 Å². The highest BCUT2D eigenvalue weighted by Crippen LogP contribution is 2.27. The molecule has 0 unspecified atom stereocenters. The topological polar surface area (TPSA) is 76.7 Å². The number of ether oxygens (including phenoxy) is 2. The van der Waals surface area contributed by atoms with Crippen molar-refractivity contribution >= 4 is 11.8 Å². The van der Waals surface area contributed by atoms with Gasteiger partial charge >= 0.3 is 0 Å². The van der Waals surface area contributed by atoms with E-state index in [-0.39, 0.29) is 18.2 Å². The summed E-state index contributed by atoms with van der Waals surface area (Å²) in [6.45, 7) is 1.32. The number of nitrogens with one attached hydrogen (secondary N) is 2. The molecule has 0 fully saturated rings. The standard InChI is InChI=1S/C12H16N2O4/c1-8(15)13-14-12(16)7-9-4-5-10(17-2)11(6-9)18-3/h4-6H,7H2,1-3H3,(H,13,15)(H,14,16). The Morgan fingerprint density at radius 2 is 1.78 bits per heavy atom. The van der Waals surface area contributed by atoms with Crippen LogP contribution in [0.3, 0.4) is 0 Å². The summed E-state index contributed by atoms with van der Waals surface area (Å²) in [6.07, 6.45) is 0.140. The SMILES string of the molecule is COc1ccc(CC(=O)NNC(C)=O)cc1OC. The summed E-state index contributed by atoms with van der Waals surface area (Å²) >= 11 is 0. The van der Waals surface area contributed by atoms with E-state index in [1.807, 2.05) is 0 Å². The first-order chi connectivity index (χ1) is 8.56. The van der Waals surface area contributed by atoms with Crippen LogP contribution in [-0.4, -0.2) is 26.0 Å². The lowest BCUT2D eigenvalue weighted by molar-refractivity contribution is -0.127. The Morgan fingerprint density at radius 1 is 1.11 bits per heavy atom. The molecule has 2 amide bonds. The van der Waals surface area contributed by atoms with Crippen LogP contribution in [0, 0.1) is 0 Å². The molecule has 0 aromatic heterocycles. The molecular weight excluding hydrogens is 236 g/mol. The van der Waals surface area contributed by atoms with E-state index >= 15 is 0 Å². The van der Waals surface area contributed by atoms with Crippen molar-refractivity contribution in [2.24, 2.45) is 0 Å². The average Bonchev–Trinajstić information content (AvgIpc) is 2.36. The first-order valence-electron chi connectivity index (χ1n) is 5.33. The van der Waals surface area contributed by atoms with Crippen molar-refractivity contribution in [2.45, 2.75) is 13.3 Å². The number of amides is 2. The Bertz CT molecular complexity index is 446. The summed E-state index contributed by atoms with van der Waals surface area (Å²) in [6, 6.07) is 5.20. The second-order valence-corrected chi connectivity index (χ2v) is 3.60. The van der Waals surface area contributed by atoms with E-state index in [0.29, 0.717) is 11.5 Å². The van der Waals surface area contributed by atoms with Gasteiger partial charge in [0.05, 0.1) is 20.6 Å². The number of benzene rings is 1. The molecule has 1 aromatic carbocycles. The molecule has 1 rings (SSSR count). The summed E-state index contributed by atoms with van der Waals surface area (Å²) in [5.74, 6) is 0.527. The van der Waals surface area contributed by atoms with Gasteiger partial charge in [0.2, 0.25) is 11.8 Å². The minimum atomic E-state index is -0.323. The molecule has 0 radical (unpaired) electrons. The highest BCUT2D eigenvalue weighted by molar-refractivity contribution is 5.82. The predicted octanol–water partition coefficient (Wildman–Crippen LogP) is 0.414. The van der Waals surface area contributed by atoms with Crippen molar-refractivity contribution < 1.29 is 19.1 Å². The second-order valence-electron chi connectivity index (χ2n) is 3.60. The van der Waals surface area contributed by atoms with Crippen LogP contribution < -0.4 is 20.3 Å². The number of methoxy groups -OCH3 is 2. The molecule has 0 heterocycles. The van der Waals surface area contributed by atoms with Crippen LogP contribution in [-0.2, 0) is 16.0 Å². The molecule has 98 valence electrons. The zero-order valence-corrected chi connectivity index (χ0v) is 10.6. The molecule has 0 spiro atoms. The highest BCUT2D eigenvalue weighted by Gasteiger charge is 2.08. The molecule has 2 N–H and O–H groups in total. The maximum atomic E-state index is 11.5. The zero-order chi connectivity index (χ0) is 13.5. The van der Waals surface area contributed by atoms with Gasteiger partial charge in [-0.1, -0.05) is 6.07 Å². The Labute approximate surface area is 105 Å². The molecule has 0 aliphatic rings. The normalized spacial score (nSPS) is 9.50. The summed E-state index contributed by atoms with van der Waals surface area (Å²) < 4.78 is 10.2. The molecule has 0 bridgehead atoms. The van der Waals surface area contributed by atoms with Gasteiger partial charge in [-0.3, -0.25) is 20.4 Å². The maximum Gasteiger partial charge on any atom is 0.242 e. The third-order valence-electron chi connectivity index (χ3n) is 2.19. The van der Waals surface area contributed by atoms with Crippen molar-refractivity contribution in [3.8, 4) is 11.5 Å². The highest BCUT2D eigenvalue weighted by atomic mass is 16.5. The van der Waals surface area contributed by atoms with Crippen molar-refractivity contribution in [1.82, 2.24) is 10.9 Å². The first-order valence-corrected chi connectivity index (χ1v) is 5.33. The quantitative estimate of drug-likeness (QED) is 0.761. The molecule has 6 heteroatoms. The van der Waals surface area contributed by atoms with Crippen LogP contribution in [0.1, 0.15) is 12.5 Å². The fourth-order valence-electron chi connectivity index (χ4n) is 1.38. The van der Waals surface area contributed by atoms with Crippen LogP contribution in [0.25, 0.3) is 0 Å². The molecular formula is C12H16N2O4. The van der Waals surface area contributed by atoms with E-state index < -0.39 is 0 Å². The summed E-state index contributed by atoms with van der Waals surface area (Å²) in [5, 5.41) is 0. The van der Waals surface area contributed by atoms with E-state index in [9.17, 15) is 9.59 Å². The van der Waals surface area contributed by atoms with E-state index in [4.69, 9.17) is 9.47 Å². The van der Waals surface area contributed by atoms with E-state index in [2.05, 4.69) is 10.9 Å². The monoisotopic (exact) mass is 252 g/mol. The van der Waals surface area contributed by atoms with E-state index in [1.165, 1.54) is 14.0 Å². The van der Waals surface area contributed by atoms with E-state index in [0.717, 1.165) is 5.56 Å². The number of hydrogen-bond donors (Lipinski definition) is 2. The van der Waals surface area contributed by atoms with Gasteiger partial charge in [0.15, 0.2) is 11.5 Å². The summed E-state index contributed by atoms with van der Waals surface area (Å²) in [5.41, 5.74) is 5.27. The lowest BCUT2D eigenvalue weighted by Gasteiger charge is -2.09. The Kier molecular flexibility index (Phi) is 4.98. The fourth-order valence-corrected chi connectivity index (χ4v) is 1.38.